The zero-order valence-electron chi connectivity index (χ0n) is 11.3. The quantitative estimate of drug-likeness (QED) is 0.751. The smallest absolute Gasteiger partial charge is 0.0476 e. The Kier molecular flexibility index (Phi) is 6.32. The molecule has 3 heteroatoms. The van der Waals surface area contributed by atoms with E-state index in [-0.39, 0.29) is 0 Å². The summed E-state index contributed by atoms with van der Waals surface area (Å²) in [6.07, 6.45) is 6.46. The van der Waals surface area contributed by atoms with E-state index in [0.717, 1.165) is 19.1 Å². The highest BCUT2D eigenvalue weighted by Gasteiger charge is 2.23. The number of nitrogens with zero attached hydrogens (tertiary/aromatic N) is 1. The van der Waals surface area contributed by atoms with Gasteiger partial charge in [0.25, 0.3) is 0 Å². The summed E-state index contributed by atoms with van der Waals surface area (Å²) in [4.78, 5) is 2.37. The van der Waals surface area contributed by atoms with Gasteiger partial charge in [-0.15, -0.1) is 0 Å². The molecular weight excluding hydrogens is 200 g/mol. The van der Waals surface area contributed by atoms with E-state index in [2.05, 4.69) is 31.2 Å². The predicted octanol–water partition coefficient (Wildman–Crippen LogP) is 1.87. The molecule has 3 unspecified atom stereocenters. The molecule has 96 valence electrons. The lowest BCUT2D eigenvalue weighted by Gasteiger charge is -2.35. The van der Waals surface area contributed by atoms with E-state index in [1.165, 1.54) is 25.7 Å². The first-order valence-corrected chi connectivity index (χ1v) is 6.55. The Morgan fingerprint density at radius 3 is 2.75 bits per heavy atom. The topological polar surface area (TPSA) is 24.5 Å². The van der Waals surface area contributed by atoms with Crippen molar-refractivity contribution in [1.82, 2.24) is 10.2 Å². The maximum atomic E-state index is 5.11. The molecule has 1 rings (SSSR count). The Labute approximate surface area is 101 Å². The highest BCUT2D eigenvalue weighted by atomic mass is 16.5. The lowest BCUT2D eigenvalue weighted by Crippen LogP contribution is -2.44. The fraction of sp³-hybridized carbons (Fsp3) is 1.00. The summed E-state index contributed by atoms with van der Waals surface area (Å²) in [5.74, 6) is 0. The second-order valence-electron chi connectivity index (χ2n) is 5.33. The van der Waals surface area contributed by atoms with Gasteiger partial charge in [0, 0.05) is 31.8 Å². The van der Waals surface area contributed by atoms with Gasteiger partial charge in [-0.1, -0.05) is 6.42 Å². The Morgan fingerprint density at radius 1 is 1.38 bits per heavy atom. The molecule has 1 fully saturated rings. The van der Waals surface area contributed by atoms with E-state index in [1.54, 1.807) is 7.11 Å². The van der Waals surface area contributed by atoms with Gasteiger partial charge in [0.2, 0.25) is 0 Å². The maximum absolute atomic E-state index is 5.11. The third-order valence-corrected chi connectivity index (χ3v) is 3.65. The summed E-state index contributed by atoms with van der Waals surface area (Å²) in [5, 5.41) is 3.73. The molecule has 0 spiro atoms. The summed E-state index contributed by atoms with van der Waals surface area (Å²) >= 11 is 0. The van der Waals surface area contributed by atoms with Gasteiger partial charge in [-0.05, 0) is 46.7 Å². The molecule has 0 radical (unpaired) electrons. The zero-order valence-corrected chi connectivity index (χ0v) is 11.3. The number of nitrogens with one attached hydrogen (secondary N) is 1. The fourth-order valence-electron chi connectivity index (χ4n) is 2.56. The molecule has 1 N–H and O–H groups in total. The maximum Gasteiger partial charge on any atom is 0.0476 e. The lowest BCUT2D eigenvalue weighted by molar-refractivity contribution is 0.167. The van der Waals surface area contributed by atoms with Crippen molar-refractivity contribution in [2.24, 2.45) is 0 Å². The van der Waals surface area contributed by atoms with Crippen LogP contribution in [0.3, 0.4) is 0 Å². The van der Waals surface area contributed by atoms with Crippen LogP contribution >= 0.6 is 0 Å². The average Bonchev–Trinajstić information content (AvgIpc) is 2.26. The van der Waals surface area contributed by atoms with Crippen molar-refractivity contribution in [1.29, 1.82) is 0 Å². The van der Waals surface area contributed by atoms with Crippen LogP contribution in [0.4, 0.5) is 0 Å². The first kappa shape index (κ1) is 13.9. The van der Waals surface area contributed by atoms with E-state index < -0.39 is 0 Å². The van der Waals surface area contributed by atoms with Crippen LogP contribution in [0, 0.1) is 0 Å². The van der Waals surface area contributed by atoms with Crippen LogP contribution in [0.1, 0.15) is 39.0 Å². The number of hydrogen-bond donors (Lipinski definition) is 1. The standard InChI is InChI=1S/C13H28N2O/c1-11(8-9-16-4)14-12-6-5-7-13(10-12)15(2)3/h11-14H,5-10H2,1-4H3. The summed E-state index contributed by atoms with van der Waals surface area (Å²) in [6.45, 7) is 3.12. The van der Waals surface area contributed by atoms with Crippen molar-refractivity contribution in [3.05, 3.63) is 0 Å². The van der Waals surface area contributed by atoms with Crippen LogP contribution in [-0.2, 0) is 4.74 Å². The van der Waals surface area contributed by atoms with E-state index in [1.807, 2.05) is 0 Å². The average molecular weight is 228 g/mol. The largest absolute Gasteiger partial charge is 0.385 e. The number of ether oxygens (including phenoxy) is 1. The van der Waals surface area contributed by atoms with Gasteiger partial charge >= 0.3 is 0 Å². The Hall–Kier alpha value is -0.120. The molecule has 16 heavy (non-hydrogen) atoms. The predicted molar refractivity (Wildman–Crippen MR) is 68.8 cm³/mol. The number of hydrogen-bond acceptors (Lipinski definition) is 3. The first-order valence-electron chi connectivity index (χ1n) is 6.55. The van der Waals surface area contributed by atoms with Gasteiger partial charge in [-0.2, -0.15) is 0 Å². The van der Waals surface area contributed by atoms with Crippen molar-refractivity contribution in [3.8, 4) is 0 Å². The second-order valence-corrected chi connectivity index (χ2v) is 5.33. The molecule has 3 atom stereocenters. The third kappa shape index (κ3) is 4.81. The van der Waals surface area contributed by atoms with E-state index >= 15 is 0 Å². The van der Waals surface area contributed by atoms with Crippen LogP contribution in [-0.4, -0.2) is 50.8 Å². The molecule has 1 aliphatic carbocycles. The molecule has 0 saturated heterocycles. The van der Waals surface area contributed by atoms with Gasteiger partial charge in [0.1, 0.15) is 0 Å². The van der Waals surface area contributed by atoms with Crippen LogP contribution in [0.5, 0.6) is 0 Å². The van der Waals surface area contributed by atoms with E-state index in [0.29, 0.717) is 12.1 Å². The minimum atomic E-state index is 0.575. The van der Waals surface area contributed by atoms with E-state index in [4.69, 9.17) is 4.74 Å². The summed E-state index contributed by atoms with van der Waals surface area (Å²) < 4.78 is 5.11. The fourth-order valence-corrected chi connectivity index (χ4v) is 2.56. The molecule has 0 heterocycles. The molecule has 1 aliphatic rings. The molecule has 0 aromatic heterocycles. The Balaban J connectivity index is 2.25. The van der Waals surface area contributed by atoms with Crippen molar-refractivity contribution in [2.75, 3.05) is 27.8 Å². The number of methoxy groups -OCH3 is 1. The van der Waals surface area contributed by atoms with Gasteiger partial charge < -0.3 is 15.0 Å². The number of rotatable bonds is 6. The molecule has 0 aliphatic heterocycles. The summed E-state index contributed by atoms with van der Waals surface area (Å²) in [6, 6.07) is 2.04. The van der Waals surface area contributed by atoms with Crippen LogP contribution in [0.2, 0.25) is 0 Å². The molecule has 3 nitrogen and oxygen atoms in total. The highest BCUT2D eigenvalue weighted by Crippen LogP contribution is 2.22. The van der Waals surface area contributed by atoms with Gasteiger partial charge in [0.05, 0.1) is 0 Å². The first-order chi connectivity index (χ1) is 7.63. The molecule has 0 aromatic rings. The summed E-state index contributed by atoms with van der Waals surface area (Å²) in [7, 11) is 6.16. The molecular formula is C13H28N2O. The van der Waals surface area contributed by atoms with Gasteiger partial charge in [0.15, 0.2) is 0 Å². The van der Waals surface area contributed by atoms with Gasteiger partial charge in [-0.25, -0.2) is 0 Å². The van der Waals surface area contributed by atoms with E-state index in [9.17, 15) is 0 Å². The third-order valence-electron chi connectivity index (χ3n) is 3.65. The summed E-state index contributed by atoms with van der Waals surface area (Å²) in [5.41, 5.74) is 0. The van der Waals surface area contributed by atoms with Crippen molar-refractivity contribution in [3.63, 3.8) is 0 Å². The molecule has 0 aromatic carbocycles. The van der Waals surface area contributed by atoms with Crippen LogP contribution < -0.4 is 5.32 Å². The Bertz CT molecular complexity index is 185. The zero-order chi connectivity index (χ0) is 12.0. The minimum Gasteiger partial charge on any atom is -0.385 e. The van der Waals surface area contributed by atoms with Crippen molar-refractivity contribution in [2.45, 2.75) is 57.2 Å². The lowest BCUT2D eigenvalue weighted by atomic mass is 9.90. The monoisotopic (exact) mass is 228 g/mol. The van der Waals surface area contributed by atoms with Crippen molar-refractivity contribution >= 4 is 0 Å². The van der Waals surface area contributed by atoms with Crippen LogP contribution in [0.15, 0.2) is 0 Å². The highest BCUT2D eigenvalue weighted by molar-refractivity contribution is 4.83. The molecule has 0 amide bonds. The normalized spacial score (nSPS) is 28.3. The second kappa shape index (κ2) is 7.25. The molecule has 0 bridgehead atoms. The van der Waals surface area contributed by atoms with Gasteiger partial charge in [-0.3, -0.25) is 0 Å². The molecule has 1 saturated carbocycles. The minimum absolute atomic E-state index is 0.575. The Morgan fingerprint density at radius 2 is 2.12 bits per heavy atom. The SMILES string of the molecule is COCCC(C)NC1CCCC(N(C)C)C1. The van der Waals surface area contributed by atoms with Crippen LogP contribution in [0.25, 0.3) is 0 Å². The van der Waals surface area contributed by atoms with Crippen molar-refractivity contribution < 1.29 is 4.74 Å².